The van der Waals surface area contributed by atoms with E-state index in [-0.39, 0.29) is 11.9 Å². The normalized spacial score (nSPS) is 18.7. The van der Waals surface area contributed by atoms with Gasteiger partial charge >= 0.3 is 0 Å². The summed E-state index contributed by atoms with van der Waals surface area (Å²) in [5.74, 6) is -0.262. The Morgan fingerprint density at radius 2 is 1.96 bits per heavy atom. The summed E-state index contributed by atoms with van der Waals surface area (Å²) in [7, 11) is 0. The van der Waals surface area contributed by atoms with E-state index in [9.17, 15) is 9.50 Å². The van der Waals surface area contributed by atoms with E-state index >= 15 is 0 Å². The van der Waals surface area contributed by atoms with Crippen molar-refractivity contribution < 1.29 is 9.50 Å². The van der Waals surface area contributed by atoms with Crippen molar-refractivity contribution in [3.05, 3.63) is 87.4 Å². The number of nitrogens with one attached hydrogen (secondary N) is 1. The summed E-state index contributed by atoms with van der Waals surface area (Å²) >= 11 is 6.56. The molecule has 27 heavy (non-hydrogen) atoms. The van der Waals surface area contributed by atoms with Crippen molar-refractivity contribution in [1.29, 1.82) is 0 Å². The van der Waals surface area contributed by atoms with Crippen LogP contribution in [0.2, 0.25) is 5.15 Å². The standard InChI is InChI=1S/C21H21ClFN3O/c1-13-18(11-24-20-17-5-3-2-4-15(17)10-19(20)27)21(22)26(25-13)12-14-6-8-16(23)9-7-14/h2-9,19-20,24,27H,10-12H2,1H3/t19-,20+/m0/s1. The molecule has 0 radical (unpaired) electrons. The second-order valence-electron chi connectivity index (χ2n) is 6.97. The van der Waals surface area contributed by atoms with E-state index in [1.54, 1.807) is 16.8 Å². The first-order chi connectivity index (χ1) is 13.0. The van der Waals surface area contributed by atoms with Gasteiger partial charge in [0, 0.05) is 18.5 Å². The van der Waals surface area contributed by atoms with Gasteiger partial charge in [0.25, 0.3) is 0 Å². The monoisotopic (exact) mass is 385 g/mol. The molecule has 1 aliphatic rings. The van der Waals surface area contributed by atoms with Gasteiger partial charge in [0.2, 0.25) is 0 Å². The van der Waals surface area contributed by atoms with Crippen LogP contribution in [0, 0.1) is 12.7 Å². The molecule has 0 fully saturated rings. The molecule has 2 N–H and O–H groups in total. The highest BCUT2D eigenvalue weighted by Crippen LogP contribution is 2.32. The lowest BCUT2D eigenvalue weighted by atomic mass is 10.1. The topological polar surface area (TPSA) is 50.1 Å². The van der Waals surface area contributed by atoms with Crippen LogP contribution in [-0.4, -0.2) is 21.0 Å². The van der Waals surface area contributed by atoms with Crippen LogP contribution in [0.25, 0.3) is 0 Å². The number of halogens is 2. The van der Waals surface area contributed by atoms with Crippen LogP contribution in [0.5, 0.6) is 0 Å². The fourth-order valence-electron chi connectivity index (χ4n) is 3.69. The lowest BCUT2D eigenvalue weighted by Crippen LogP contribution is -2.28. The van der Waals surface area contributed by atoms with Gasteiger partial charge in [-0.2, -0.15) is 5.10 Å². The molecule has 0 saturated carbocycles. The minimum atomic E-state index is -0.448. The molecule has 0 aliphatic heterocycles. The average Bonchev–Trinajstić information content (AvgIpc) is 3.11. The molecule has 4 nitrogen and oxygen atoms in total. The zero-order valence-electron chi connectivity index (χ0n) is 15.0. The maximum absolute atomic E-state index is 13.1. The van der Waals surface area contributed by atoms with Gasteiger partial charge in [0.05, 0.1) is 24.4 Å². The van der Waals surface area contributed by atoms with E-state index in [1.165, 1.54) is 17.7 Å². The molecule has 0 spiro atoms. The Balaban J connectivity index is 1.50. The smallest absolute Gasteiger partial charge is 0.132 e. The summed E-state index contributed by atoms with van der Waals surface area (Å²) < 4.78 is 14.8. The van der Waals surface area contributed by atoms with Crippen molar-refractivity contribution in [2.75, 3.05) is 0 Å². The third-order valence-corrected chi connectivity index (χ3v) is 5.55. The zero-order valence-corrected chi connectivity index (χ0v) is 15.7. The van der Waals surface area contributed by atoms with E-state index in [2.05, 4.69) is 22.5 Å². The average molecular weight is 386 g/mol. The van der Waals surface area contributed by atoms with Gasteiger partial charge in [-0.25, -0.2) is 9.07 Å². The first kappa shape index (κ1) is 18.2. The number of hydrogen-bond acceptors (Lipinski definition) is 3. The van der Waals surface area contributed by atoms with Crippen LogP contribution in [0.4, 0.5) is 4.39 Å². The van der Waals surface area contributed by atoms with E-state index in [4.69, 9.17) is 11.6 Å². The minimum Gasteiger partial charge on any atom is -0.391 e. The maximum Gasteiger partial charge on any atom is 0.132 e. The second kappa shape index (κ2) is 7.43. The lowest BCUT2D eigenvalue weighted by molar-refractivity contribution is 0.140. The van der Waals surface area contributed by atoms with Crippen LogP contribution in [0.3, 0.4) is 0 Å². The predicted molar refractivity (Wildman–Crippen MR) is 103 cm³/mol. The Labute approximate surface area is 162 Å². The second-order valence-corrected chi connectivity index (χ2v) is 7.33. The number of fused-ring (bicyclic) bond motifs is 1. The molecule has 0 saturated heterocycles. The summed E-state index contributed by atoms with van der Waals surface area (Å²) in [6.07, 6.45) is 0.209. The largest absolute Gasteiger partial charge is 0.391 e. The van der Waals surface area contributed by atoms with Crippen LogP contribution in [0.1, 0.15) is 34.0 Å². The summed E-state index contributed by atoms with van der Waals surface area (Å²) in [5, 5.41) is 18.9. The van der Waals surface area contributed by atoms with Crippen LogP contribution in [0.15, 0.2) is 48.5 Å². The lowest BCUT2D eigenvalue weighted by Gasteiger charge is -2.18. The Morgan fingerprint density at radius 1 is 1.22 bits per heavy atom. The first-order valence-corrected chi connectivity index (χ1v) is 9.36. The van der Waals surface area contributed by atoms with E-state index < -0.39 is 6.10 Å². The predicted octanol–water partition coefficient (Wildman–Crippen LogP) is 3.78. The Kier molecular flexibility index (Phi) is 5.00. The number of hydrogen-bond donors (Lipinski definition) is 2. The molecule has 2 atom stereocenters. The van der Waals surface area contributed by atoms with Crippen LogP contribution < -0.4 is 5.32 Å². The number of aliphatic hydroxyl groups is 1. The molecule has 4 rings (SSSR count). The number of aryl methyl sites for hydroxylation is 1. The molecule has 0 unspecified atom stereocenters. The molecule has 1 aromatic heterocycles. The van der Waals surface area contributed by atoms with Crippen molar-refractivity contribution in [2.24, 2.45) is 0 Å². The van der Waals surface area contributed by atoms with E-state index in [0.29, 0.717) is 24.7 Å². The number of rotatable bonds is 5. The number of aliphatic hydroxyl groups excluding tert-OH is 1. The van der Waals surface area contributed by atoms with Gasteiger partial charge in [-0.05, 0) is 35.7 Å². The molecule has 6 heteroatoms. The fourth-order valence-corrected chi connectivity index (χ4v) is 3.99. The highest BCUT2D eigenvalue weighted by atomic mass is 35.5. The fraction of sp³-hybridized carbons (Fsp3) is 0.286. The van der Waals surface area contributed by atoms with Crippen molar-refractivity contribution in [3.63, 3.8) is 0 Å². The van der Waals surface area contributed by atoms with Crippen molar-refractivity contribution >= 4 is 11.6 Å². The maximum atomic E-state index is 13.1. The van der Waals surface area contributed by atoms with Gasteiger partial charge in [0.15, 0.2) is 0 Å². The summed E-state index contributed by atoms with van der Waals surface area (Å²) in [6.45, 7) is 2.92. The van der Waals surface area contributed by atoms with E-state index in [0.717, 1.165) is 22.4 Å². The molecule has 0 amide bonds. The molecule has 0 bridgehead atoms. The number of nitrogens with zero attached hydrogens (tertiary/aromatic N) is 2. The number of benzene rings is 2. The SMILES string of the molecule is Cc1nn(Cc2ccc(F)cc2)c(Cl)c1CN[C@@H]1c2ccccc2C[C@@H]1O. The van der Waals surface area contributed by atoms with Crippen molar-refractivity contribution in [1.82, 2.24) is 15.1 Å². The van der Waals surface area contributed by atoms with Crippen LogP contribution in [-0.2, 0) is 19.5 Å². The summed E-state index contributed by atoms with van der Waals surface area (Å²) in [4.78, 5) is 0. The van der Waals surface area contributed by atoms with Gasteiger partial charge < -0.3 is 10.4 Å². The summed E-state index contributed by atoms with van der Waals surface area (Å²) in [6, 6.07) is 14.3. The molecule has 3 aromatic rings. The quantitative estimate of drug-likeness (QED) is 0.702. The summed E-state index contributed by atoms with van der Waals surface area (Å²) in [5.41, 5.74) is 5.00. The minimum absolute atomic E-state index is 0.114. The van der Waals surface area contributed by atoms with Gasteiger partial charge in [-0.1, -0.05) is 48.0 Å². The molecule has 2 aromatic carbocycles. The van der Waals surface area contributed by atoms with Gasteiger partial charge in [0.1, 0.15) is 11.0 Å². The molecular formula is C21H21ClFN3O. The highest BCUT2D eigenvalue weighted by Gasteiger charge is 2.30. The van der Waals surface area contributed by atoms with Crippen LogP contribution >= 0.6 is 11.6 Å². The Hall–Kier alpha value is -2.21. The van der Waals surface area contributed by atoms with Gasteiger partial charge in [-0.3, -0.25) is 0 Å². The Morgan fingerprint density at radius 3 is 2.74 bits per heavy atom. The van der Waals surface area contributed by atoms with Crippen molar-refractivity contribution in [2.45, 2.75) is 38.6 Å². The Bertz CT molecular complexity index is 955. The molecule has 140 valence electrons. The first-order valence-electron chi connectivity index (χ1n) is 8.98. The zero-order chi connectivity index (χ0) is 19.0. The molecular weight excluding hydrogens is 365 g/mol. The van der Waals surface area contributed by atoms with Gasteiger partial charge in [-0.15, -0.1) is 0 Å². The van der Waals surface area contributed by atoms with Crippen molar-refractivity contribution in [3.8, 4) is 0 Å². The molecule has 1 heterocycles. The number of aromatic nitrogens is 2. The van der Waals surface area contributed by atoms with E-state index in [1.807, 2.05) is 19.1 Å². The third kappa shape index (κ3) is 3.63. The highest BCUT2D eigenvalue weighted by molar-refractivity contribution is 6.30. The molecule has 1 aliphatic carbocycles. The third-order valence-electron chi connectivity index (χ3n) is 5.13.